The van der Waals surface area contributed by atoms with E-state index >= 15 is 0 Å². The predicted molar refractivity (Wildman–Crippen MR) is 84.9 cm³/mol. The normalized spacial score (nSPS) is 12.5. The summed E-state index contributed by atoms with van der Waals surface area (Å²) < 4.78 is 0. The van der Waals surface area contributed by atoms with Gasteiger partial charge in [-0.2, -0.15) is 0 Å². The van der Waals surface area contributed by atoms with E-state index in [1.807, 2.05) is 25.1 Å². The van der Waals surface area contributed by atoms with Gasteiger partial charge >= 0.3 is 0 Å². The number of phenols is 2. The minimum Gasteiger partial charge on any atom is -0.508 e. The molecule has 0 heterocycles. The first-order valence-corrected chi connectivity index (χ1v) is 6.72. The molecule has 0 atom stereocenters. The fraction of sp³-hybridized carbons (Fsp3) is 0.111. The van der Waals surface area contributed by atoms with E-state index in [0.29, 0.717) is 0 Å². The molecule has 0 fully saturated rings. The topological polar surface area (TPSA) is 60.7 Å². The van der Waals surface area contributed by atoms with Gasteiger partial charge in [-0.05, 0) is 53.5 Å². The fourth-order valence-corrected chi connectivity index (χ4v) is 2.23. The Labute approximate surface area is 124 Å². The molecule has 0 aromatic heterocycles. The minimum absolute atomic E-state index is 0.0777. The average molecular weight is 282 g/mol. The number of hydrogen-bond donors (Lipinski definition) is 3. The Bertz CT molecular complexity index is 650. The Morgan fingerprint density at radius 3 is 1.62 bits per heavy atom. The third kappa shape index (κ3) is 3.52. The number of rotatable bonds is 4. The number of hydrogen-bond acceptors (Lipinski definition) is 3. The van der Waals surface area contributed by atoms with Crippen LogP contribution in [0.5, 0.6) is 11.5 Å². The maximum atomic E-state index is 9.40. The van der Waals surface area contributed by atoms with Crippen molar-refractivity contribution in [2.24, 2.45) is 0 Å². The van der Waals surface area contributed by atoms with Crippen LogP contribution < -0.4 is 0 Å². The third-order valence-electron chi connectivity index (χ3n) is 3.23. The number of allylic oxidation sites excluding steroid dienone is 3. The molecule has 2 rings (SSSR count). The second kappa shape index (κ2) is 6.77. The largest absolute Gasteiger partial charge is 0.508 e. The number of aliphatic hydroxyl groups excluding tert-OH is 1. The van der Waals surface area contributed by atoms with Crippen LogP contribution in [0.1, 0.15) is 18.1 Å². The summed E-state index contributed by atoms with van der Waals surface area (Å²) in [7, 11) is 0. The highest BCUT2D eigenvalue weighted by Crippen LogP contribution is 2.32. The molecule has 0 aliphatic heterocycles. The second-order valence-electron chi connectivity index (χ2n) is 4.60. The Morgan fingerprint density at radius 1 is 0.810 bits per heavy atom. The van der Waals surface area contributed by atoms with Gasteiger partial charge in [0.2, 0.25) is 0 Å². The van der Waals surface area contributed by atoms with Crippen molar-refractivity contribution in [2.45, 2.75) is 6.92 Å². The van der Waals surface area contributed by atoms with E-state index in [1.54, 1.807) is 42.5 Å². The molecule has 0 spiro atoms. The van der Waals surface area contributed by atoms with Crippen LogP contribution in [-0.4, -0.2) is 21.9 Å². The van der Waals surface area contributed by atoms with Crippen molar-refractivity contribution in [3.05, 3.63) is 71.8 Å². The van der Waals surface area contributed by atoms with E-state index in [2.05, 4.69) is 0 Å². The van der Waals surface area contributed by atoms with Gasteiger partial charge in [-0.25, -0.2) is 0 Å². The average Bonchev–Trinajstić information content (AvgIpc) is 2.50. The predicted octanol–water partition coefficient (Wildman–Crippen LogP) is 3.58. The van der Waals surface area contributed by atoms with Gasteiger partial charge in [0.05, 0.1) is 6.61 Å². The van der Waals surface area contributed by atoms with E-state index in [0.717, 1.165) is 22.3 Å². The van der Waals surface area contributed by atoms with Crippen molar-refractivity contribution in [3.8, 4) is 11.5 Å². The summed E-state index contributed by atoms with van der Waals surface area (Å²) in [6.45, 7) is 1.85. The lowest BCUT2D eigenvalue weighted by molar-refractivity contribution is 0.343. The molecule has 0 amide bonds. The van der Waals surface area contributed by atoms with Crippen LogP contribution in [0.25, 0.3) is 11.1 Å². The van der Waals surface area contributed by atoms with Crippen LogP contribution in [0.4, 0.5) is 0 Å². The third-order valence-corrected chi connectivity index (χ3v) is 3.23. The van der Waals surface area contributed by atoms with Crippen LogP contribution in [0.15, 0.2) is 60.7 Å². The summed E-state index contributed by atoms with van der Waals surface area (Å²) in [6, 6.07) is 13.8. The summed E-state index contributed by atoms with van der Waals surface area (Å²) in [5, 5.41) is 28.1. The van der Waals surface area contributed by atoms with Gasteiger partial charge in [-0.1, -0.05) is 36.4 Å². The van der Waals surface area contributed by atoms with Gasteiger partial charge in [-0.3, -0.25) is 0 Å². The molecule has 0 saturated carbocycles. The number of benzene rings is 2. The van der Waals surface area contributed by atoms with E-state index in [1.165, 1.54) is 0 Å². The first kappa shape index (κ1) is 14.9. The van der Waals surface area contributed by atoms with E-state index in [4.69, 9.17) is 0 Å². The zero-order valence-corrected chi connectivity index (χ0v) is 11.8. The SMILES string of the molecule is C/C=C(\C(=C/CO)c1ccc(O)cc1)c1ccc(O)cc1. The molecule has 2 aromatic rings. The zero-order valence-electron chi connectivity index (χ0n) is 11.8. The molecular weight excluding hydrogens is 264 g/mol. The Balaban J connectivity index is 2.47. The quantitative estimate of drug-likeness (QED) is 0.751. The van der Waals surface area contributed by atoms with Crippen molar-refractivity contribution < 1.29 is 15.3 Å². The van der Waals surface area contributed by atoms with Crippen LogP contribution in [0.2, 0.25) is 0 Å². The van der Waals surface area contributed by atoms with Crippen molar-refractivity contribution >= 4 is 11.1 Å². The molecule has 0 aliphatic rings. The maximum absolute atomic E-state index is 9.40. The standard InChI is InChI=1S/C18H18O3/c1-2-17(13-3-7-15(20)8-4-13)18(11-12-19)14-5-9-16(21)10-6-14/h2-11,19-21H,12H2,1H3/b17-2-,18-11-. The molecule has 0 radical (unpaired) electrons. The van der Waals surface area contributed by atoms with Gasteiger partial charge < -0.3 is 15.3 Å². The summed E-state index contributed by atoms with van der Waals surface area (Å²) in [5.74, 6) is 0.417. The highest BCUT2D eigenvalue weighted by atomic mass is 16.3. The van der Waals surface area contributed by atoms with Crippen LogP contribution in [-0.2, 0) is 0 Å². The fourth-order valence-electron chi connectivity index (χ4n) is 2.23. The summed E-state index contributed by atoms with van der Waals surface area (Å²) in [6.07, 6.45) is 3.69. The summed E-state index contributed by atoms with van der Waals surface area (Å²) in [4.78, 5) is 0. The van der Waals surface area contributed by atoms with Crippen molar-refractivity contribution in [2.75, 3.05) is 6.61 Å². The molecule has 0 aliphatic carbocycles. The van der Waals surface area contributed by atoms with E-state index in [9.17, 15) is 15.3 Å². The molecule has 0 saturated heterocycles. The van der Waals surface area contributed by atoms with Gasteiger partial charge in [-0.15, -0.1) is 0 Å². The molecule has 3 N–H and O–H groups in total. The van der Waals surface area contributed by atoms with Crippen LogP contribution >= 0.6 is 0 Å². The molecule has 2 aromatic carbocycles. The highest BCUT2D eigenvalue weighted by Gasteiger charge is 2.10. The molecule has 108 valence electrons. The highest BCUT2D eigenvalue weighted by molar-refractivity contribution is 6.04. The Hall–Kier alpha value is -2.52. The van der Waals surface area contributed by atoms with Crippen molar-refractivity contribution in [1.82, 2.24) is 0 Å². The number of aliphatic hydroxyl groups is 1. The molecule has 0 bridgehead atoms. The maximum Gasteiger partial charge on any atom is 0.115 e. The molecule has 21 heavy (non-hydrogen) atoms. The molecule has 0 unspecified atom stereocenters. The van der Waals surface area contributed by atoms with Crippen molar-refractivity contribution in [3.63, 3.8) is 0 Å². The van der Waals surface area contributed by atoms with Crippen LogP contribution in [0.3, 0.4) is 0 Å². The lowest BCUT2D eigenvalue weighted by atomic mass is 9.92. The number of aromatic hydroxyl groups is 2. The lowest BCUT2D eigenvalue weighted by Gasteiger charge is -2.13. The molecule has 3 nitrogen and oxygen atoms in total. The smallest absolute Gasteiger partial charge is 0.115 e. The molecular formula is C18H18O3. The van der Waals surface area contributed by atoms with Crippen LogP contribution in [0, 0.1) is 0 Å². The first-order valence-electron chi connectivity index (χ1n) is 6.72. The Kier molecular flexibility index (Phi) is 4.80. The van der Waals surface area contributed by atoms with Gasteiger partial charge in [0.25, 0.3) is 0 Å². The van der Waals surface area contributed by atoms with Gasteiger partial charge in [0.1, 0.15) is 11.5 Å². The van der Waals surface area contributed by atoms with Gasteiger partial charge in [0, 0.05) is 0 Å². The first-order chi connectivity index (χ1) is 10.2. The van der Waals surface area contributed by atoms with Crippen molar-refractivity contribution in [1.29, 1.82) is 0 Å². The second-order valence-corrected chi connectivity index (χ2v) is 4.60. The van der Waals surface area contributed by atoms with E-state index in [-0.39, 0.29) is 18.1 Å². The van der Waals surface area contributed by atoms with Gasteiger partial charge in [0.15, 0.2) is 0 Å². The number of phenolic OH excluding ortho intramolecular Hbond substituents is 2. The monoisotopic (exact) mass is 282 g/mol. The van der Waals surface area contributed by atoms with E-state index < -0.39 is 0 Å². The zero-order chi connectivity index (χ0) is 15.2. The Morgan fingerprint density at radius 2 is 1.24 bits per heavy atom. The minimum atomic E-state index is -0.0777. The molecule has 3 heteroatoms. The summed E-state index contributed by atoms with van der Waals surface area (Å²) >= 11 is 0. The lowest BCUT2D eigenvalue weighted by Crippen LogP contribution is -1.92. The summed E-state index contributed by atoms with van der Waals surface area (Å²) in [5.41, 5.74) is 3.69.